The van der Waals surface area contributed by atoms with Crippen LogP contribution in [0, 0.1) is 12.8 Å². The van der Waals surface area contributed by atoms with Crippen LogP contribution < -0.4 is 5.32 Å². The number of hydrogen-bond acceptors (Lipinski definition) is 5. The van der Waals surface area contributed by atoms with E-state index < -0.39 is 0 Å². The lowest BCUT2D eigenvalue weighted by Gasteiger charge is -2.30. The summed E-state index contributed by atoms with van der Waals surface area (Å²) >= 11 is 7.41. The molecule has 0 saturated carbocycles. The van der Waals surface area contributed by atoms with Gasteiger partial charge in [0.05, 0.1) is 12.2 Å². The second-order valence-corrected chi connectivity index (χ2v) is 8.02. The van der Waals surface area contributed by atoms with E-state index in [0.717, 1.165) is 42.1 Å². The minimum atomic E-state index is -0.0427. The number of likely N-dealkylation sites (tertiary alicyclic amines) is 1. The summed E-state index contributed by atoms with van der Waals surface area (Å²) in [6, 6.07) is 7.54. The van der Waals surface area contributed by atoms with Gasteiger partial charge in [0.25, 0.3) is 0 Å². The van der Waals surface area contributed by atoms with Crippen molar-refractivity contribution in [1.29, 1.82) is 0 Å². The molecule has 134 valence electrons. The molecular weight excluding hydrogens is 358 g/mol. The summed E-state index contributed by atoms with van der Waals surface area (Å²) in [6.45, 7) is 4.31. The molecule has 0 radical (unpaired) electrons. The molecule has 0 atom stereocenters. The number of carbonyl (C=O) groups is 1. The molecule has 1 aliphatic rings. The molecular formula is C18H22ClN3O2S. The molecule has 0 spiro atoms. The molecule has 0 bridgehead atoms. The van der Waals surface area contributed by atoms with E-state index in [0.29, 0.717) is 22.6 Å². The third-order valence-electron chi connectivity index (χ3n) is 4.49. The Morgan fingerprint density at radius 3 is 2.68 bits per heavy atom. The Hall–Kier alpha value is -1.47. The van der Waals surface area contributed by atoms with Crippen LogP contribution in [-0.2, 0) is 4.79 Å². The summed E-state index contributed by atoms with van der Waals surface area (Å²) < 4.78 is 0. The SMILES string of the molecule is Cc1sc(NC(=O)CN2CCC(CO)CC2)nc1-c1ccc(Cl)cc1. The standard InChI is InChI=1S/C18H22ClN3O2S/c1-12-17(14-2-4-15(19)5-3-14)21-18(25-12)20-16(24)10-22-8-6-13(11-23)7-9-22/h2-5,13,23H,6-11H2,1H3,(H,20,21,24). The number of nitrogens with one attached hydrogen (secondary N) is 1. The van der Waals surface area contributed by atoms with Gasteiger partial charge in [-0.15, -0.1) is 11.3 Å². The minimum absolute atomic E-state index is 0.0427. The second-order valence-electron chi connectivity index (χ2n) is 6.38. The number of aryl methyl sites for hydroxylation is 1. The summed E-state index contributed by atoms with van der Waals surface area (Å²) in [5, 5.41) is 13.4. The minimum Gasteiger partial charge on any atom is -0.396 e. The van der Waals surface area contributed by atoms with E-state index in [1.54, 1.807) is 0 Å². The van der Waals surface area contributed by atoms with E-state index in [2.05, 4.69) is 15.2 Å². The summed E-state index contributed by atoms with van der Waals surface area (Å²) in [7, 11) is 0. The van der Waals surface area contributed by atoms with Crippen molar-refractivity contribution in [2.75, 3.05) is 31.6 Å². The Balaban J connectivity index is 1.59. The highest BCUT2D eigenvalue weighted by molar-refractivity contribution is 7.16. The molecule has 25 heavy (non-hydrogen) atoms. The number of anilines is 1. The molecule has 1 saturated heterocycles. The Morgan fingerprint density at radius 2 is 2.04 bits per heavy atom. The zero-order valence-electron chi connectivity index (χ0n) is 14.2. The molecule has 5 nitrogen and oxygen atoms in total. The van der Waals surface area contributed by atoms with Gasteiger partial charge in [-0.25, -0.2) is 4.98 Å². The molecule has 3 rings (SSSR count). The predicted molar refractivity (Wildman–Crippen MR) is 102 cm³/mol. The topological polar surface area (TPSA) is 65.5 Å². The molecule has 2 heterocycles. The average molecular weight is 380 g/mol. The number of halogens is 1. The van der Waals surface area contributed by atoms with Crippen LogP contribution in [0.2, 0.25) is 5.02 Å². The average Bonchev–Trinajstić information content (AvgIpc) is 2.96. The highest BCUT2D eigenvalue weighted by atomic mass is 35.5. The monoisotopic (exact) mass is 379 g/mol. The lowest BCUT2D eigenvalue weighted by Crippen LogP contribution is -2.39. The molecule has 1 fully saturated rings. The van der Waals surface area contributed by atoms with Gasteiger partial charge in [-0.05, 0) is 50.9 Å². The first-order chi connectivity index (χ1) is 12.0. The van der Waals surface area contributed by atoms with Crippen molar-refractivity contribution in [2.45, 2.75) is 19.8 Å². The Kier molecular flexibility index (Phi) is 6.06. The van der Waals surface area contributed by atoms with Crippen LogP contribution in [-0.4, -0.2) is 47.1 Å². The lowest BCUT2D eigenvalue weighted by molar-refractivity contribution is -0.117. The maximum Gasteiger partial charge on any atom is 0.240 e. The van der Waals surface area contributed by atoms with Gasteiger partial charge in [-0.3, -0.25) is 9.69 Å². The molecule has 1 aliphatic heterocycles. The van der Waals surface area contributed by atoms with Gasteiger partial charge in [-0.2, -0.15) is 0 Å². The first-order valence-electron chi connectivity index (χ1n) is 8.41. The van der Waals surface area contributed by atoms with Crippen molar-refractivity contribution in [2.24, 2.45) is 5.92 Å². The first-order valence-corrected chi connectivity index (χ1v) is 9.61. The fourth-order valence-corrected chi connectivity index (χ4v) is 3.99. The molecule has 0 unspecified atom stereocenters. The van der Waals surface area contributed by atoms with Crippen LogP contribution in [0.4, 0.5) is 5.13 Å². The van der Waals surface area contributed by atoms with E-state index in [9.17, 15) is 9.90 Å². The highest BCUT2D eigenvalue weighted by Crippen LogP contribution is 2.31. The largest absolute Gasteiger partial charge is 0.396 e. The van der Waals surface area contributed by atoms with Crippen molar-refractivity contribution in [1.82, 2.24) is 9.88 Å². The quantitative estimate of drug-likeness (QED) is 0.835. The zero-order chi connectivity index (χ0) is 17.8. The van der Waals surface area contributed by atoms with Crippen LogP contribution in [0.3, 0.4) is 0 Å². The number of aromatic nitrogens is 1. The third kappa shape index (κ3) is 4.79. The Morgan fingerprint density at radius 1 is 1.36 bits per heavy atom. The number of thiazole rings is 1. The lowest BCUT2D eigenvalue weighted by atomic mass is 9.98. The number of benzene rings is 1. The van der Waals surface area contributed by atoms with E-state index >= 15 is 0 Å². The maximum atomic E-state index is 12.3. The summed E-state index contributed by atoms with van der Waals surface area (Å²) in [5.74, 6) is 0.335. The van der Waals surface area contributed by atoms with Crippen molar-refractivity contribution >= 4 is 34.0 Å². The van der Waals surface area contributed by atoms with E-state index in [4.69, 9.17) is 11.6 Å². The third-order valence-corrected chi connectivity index (χ3v) is 5.63. The van der Waals surface area contributed by atoms with Crippen LogP contribution in [0.1, 0.15) is 17.7 Å². The van der Waals surface area contributed by atoms with Crippen molar-refractivity contribution in [3.05, 3.63) is 34.2 Å². The number of rotatable bonds is 5. The van der Waals surface area contributed by atoms with Crippen molar-refractivity contribution in [3.8, 4) is 11.3 Å². The molecule has 2 N–H and O–H groups in total. The number of amides is 1. The summed E-state index contributed by atoms with van der Waals surface area (Å²) in [4.78, 5) is 20.0. The fourth-order valence-electron chi connectivity index (χ4n) is 3.01. The second kappa shape index (κ2) is 8.27. The molecule has 1 aromatic carbocycles. The van der Waals surface area contributed by atoms with Gasteiger partial charge >= 0.3 is 0 Å². The molecule has 1 amide bonds. The molecule has 7 heteroatoms. The van der Waals surface area contributed by atoms with Crippen molar-refractivity contribution in [3.63, 3.8) is 0 Å². The van der Waals surface area contributed by atoms with Crippen LogP contribution in [0.5, 0.6) is 0 Å². The van der Waals surface area contributed by atoms with Gasteiger partial charge in [0.1, 0.15) is 0 Å². The maximum absolute atomic E-state index is 12.3. The van der Waals surface area contributed by atoms with Gasteiger partial charge in [0, 0.05) is 22.1 Å². The first kappa shape index (κ1) is 18.3. The van der Waals surface area contributed by atoms with Gasteiger partial charge in [0.15, 0.2) is 5.13 Å². The summed E-state index contributed by atoms with van der Waals surface area (Å²) in [5.41, 5.74) is 1.87. The molecule has 0 aliphatic carbocycles. The number of hydrogen-bond donors (Lipinski definition) is 2. The van der Waals surface area contributed by atoms with Crippen LogP contribution in [0.25, 0.3) is 11.3 Å². The predicted octanol–water partition coefficient (Wildman–Crippen LogP) is 3.41. The zero-order valence-corrected chi connectivity index (χ0v) is 15.7. The number of carbonyl (C=O) groups excluding carboxylic acids is 1. The van der Waals surface area contributed by atoms with E-state index in [-0.39, 0.29) is 12.5 Å². The number of aliphatic hydroxyl groups is 1. The molecule has 1 aromatic heterocycles. The normalized spacial score (nSPS) is 16.1. The fraction of sp³-hybridized carbons (Fsp3) is 0.444. The number of aliphatic hydroxyl groups excluding tert-OH is 1. The van der Waals surface area contributed by atoms with Crippen LogP contribution in [0.15, 0.2) is 24.3 Å². The smallest absolute Gasteiger partial charge is 0.240 e. The summed E-state index contributed by atoms with van der Waals surface area (Å²) in [6.07, 6.45) is 1.89. The van der Waals surface area contributed by atoms with E-state index in [1.165, 1.54) is 11.3 Å². The number of nitrogens with zero attached hydrogens (tertiary/aromatic N) is 2. The van der Waals surface area contributed by atoms with Gasteiger partial charge in [-0.1, -0.05) is 23.7 Å². The Labute approximate surface area is 156 Å². The van der Waals surface area contributed by atoms with E-state index in [1.807, 2.05) is 31.2 Å². The van der Waals surface area contributed by atoms with Gasteiger partial charge < -0.3 is 10.4 Å². The van der Waals surface area contributed by atoms with Crippen LogP contribution >= 0.6 is 22.9 Å². The highest BCUT2D eigenvalue weighted by Gasteiger charge is 2.21. The molecule has 2 aromatic rings. The van der Waals surface area contributed by atoms with Gasteiger partial charge in [0.2, 0.25) is 5.91 Å². The number of piperidine rings is 1. The van der Waals surface area contributed by atoms with Crippen molar-refractivity contribution < 1.29 is 9.90 Å². The Bertz CT molecular complexity index is 724.